The minimum Gasteiger partial charge on any atom is -0.384 e. The molecular weight excluding hydrogens is 376 g/mol. The third-order valence-electron chi connectivity index (χ3n) is 5.93. The molecule has 154 valence electrons. The van der Waals surface area contributed by atoms with Gasteiger partial charge in [-0.2, -0.15) is 15.4 Å². The van der Waals surface area contributed by atoms with Gasteiger partial charge in [-0.15, -0.1) is 5.10 Å². The summed E-state index contributed by atoms with van der Waals surface area (Å²) in [7, 11) is 0. The molecule has 8 heteroatoms. The van der Waals surface area contributed by atoms with Gasteiger partial charge in [0.1, 0.15) is 11.3 Å². The van der Waals surface area contributed by atoms with Crippen molar-refractivity contribution in [2.24, 2.45) is 0 Å². The van der Waals surface area contributed by atoms with Crippen molar-refractivity contribution < 1.29 is 0 Å². The smallest absolute Gasteiger partial charge is 0.203 e. The van der Waals surface area contributed by atoms with Crippen molar-refractivity contribution in [3.05, 3.63) is 64.5 Å². The lowest BCUT2D eigenvalue weighted by Crippen LogP contribution is -2.26. The van der Waals surface area contributed by atoms with E-state index >= 15 is 0 Å². The fourth-order valence-corrected chi connectivity index (χ4v) is 4.36. The molecule has 1 fully saturated rings. The summed E-state index contributed by atoms with van der Waals surface area (Å²) in [6, 6.07) is 10.8. The summed E-state index contributed by atoms with van der Waals surface area (Å²) in [6.45, 7) is 5.02. The van der Waals surface area contributed by atoms with Crippen LogP contribution in [0.25, 0.3) is 11.2 Å². The first-order chi connectivity index (χ1) is 14.7. The molecule has 0 saturated carbocycles. The number of pyridine rings is 1. The summed E-state index contributed by atoms with van der Waals surface area (Å²) in [4.78, 5) is 4.22. The molecule has 0 bridgehead atoms. The number of rotatable bonds is 5. The maximum Gasteiger partial charge on any atom is 0.203 e. The summed E-state index contributed by atoms with van der Waals surface area (Å²) in [6.07, 6.45) is 5.23. The van der Waals surface area contributed by atoms with Crippen molar-refractivity contribution in [3.63, 3.8) is 0 Å². The predicted octanol–water partition coefficient (Wildman–Crippen LogP) is 2.55. The van der Waals surface area contributed by atoms with Crippen LogP contribution in [0.2, 0.25) is 0 Å². The lowest BCUT2D eigenvalue weighted by Gasteiger charge is -2.23. The molecule has 0 atom stereocenters. The van der Waals surface area contributed by atoms with Crippen molar-refractivity contribution in [3.8, 4) is 0 Å². The number of H-pyrrole nitrogens is 1. The van der Waals surface area contributed by atoms with Gasteiger partial charge in [0.25, 0.3) is 0 Å². The Morgan fingerprint density at radius 1 is 1.13 bits per heavy atom. The number of benzene rings is 1. The number of aromatic nitrogens is 6. The lowest BCUT2D eigenvalue weighted by molar-refractivity contribution is 0.460. The van der Waals surface area contributed by atoms with Crippen LogP contribution in [0.3, 0.4) is 0 Å². The number of hydrogen-bond donors (Lipinski definition) is 3. The van der Waals surface area contributed by atoms with Crippen LogP contribution < -0.4 is 11.1 Å². The zero-order chi connectivity index (χ0) is 20.5. The number of aryl methyl sites for hydroxylation is 1. The number of nitrogen functional groups attached to an aromatic ring is 1. The van der Waals surface area contributed by atoms with Crippen LogP contribution in [0.5, 0.6) is 0 Å². The molecule has 0 aliphatic carbocycles. The number of piperidine rings is 1. The molecule has 1 saturated heterocycles. The molecule has 4 aromatic rings. The Hall–Kier alpha value is -3.26. The third-order valence-corrected chi connectivity index (χ3v) is 5.93. The fraction of sp³-hybridized carbons (Fsp3) is 0.364. The average Bonchev–Trinajstić information content (AvgIpc) is 3.35. The Morgan fingerprint density at radius 2 is 2.00 bits per heavy atom. The van der Waals surface area contributed by atoms with E-state index in [0.29, 0.717) is 23.8 Å². The predicted molar refractivity (Wildman–Crippen MR) is 116 cm³/mol. The van der Waals surface area contributed by atoms with Crippen LogP contribution in [0.15, 0.2) is 36.5 Å². The number of fused-ring (bicyclic) bond motifs is 1. The molecule has 0 radical (unpaired) electrons. The quantitative estimate of drug-likeness (QED) is 0.473. The van der Waals surface area contributed by atoms with E-state index < -0.39 is 0 Å². The zero-order valence-corrected chi connectivity index (χ0v) is 17.1. The van der Waals surface area contributed by atoms with Gasteiger partial charge in [-0.1, -0.05) is 24.3 Å². The molecule has 8 nitrogen and oxygen atoms in total. The topological polar surface area (TPSA) is 110 Å². The molecule has 0 amide bonds. The monoisotopic (exact) mass is 402 g/mol. The van der Waals surface area contributed by atoms with Crippen molar-refractivity contribution >= 4 is 17.0 Å². The number of hydrogen-bond acceptors (Lipinski definition) is 6. The molecule has 4 heterocycles. The fourth-order valence-electron chi connectivity index (χ4n) is 4.36. The van der Waals surface area contributed by atoms with Crippen LogP contribution >= 0.6 is 0 Å². The highest BCUT2D eigenvalue weighted by Crippen LogP contribution is 2.26. The lowest BCUT2D eigenvalue weighted by atomic mass is 9.89. The first-order valence-electron chi connectivity index (χ1n) is 10.4. The van der Waals surface area contributed by atoms with Gasteiger partial charge in [0.15, 0.2) is 0 Å². The Morgan fingerprint density at radius 3 is 2.87 bits per heavy atom. The Kier molecular flexibility index (Phi) is 4.92. The van der Waals surface area contributed by atoms with Crippen LogP contribution in [-0.4, -0.2) is 43.3 Å². The average molecular weight is 403 g/mol. The summed E-state index contributed by atoms with van der Waals surface area (Å²) in [5, 5.41) is 19.1. The highest BCUT2D eigenvalue weighted by Gasteiger charge is 2.16. The molecular formula is C22H26N8. The van der Waals surface area contributed by atoms with E-state index in [-0.39, 0.29) is 0 Å². The second kappa shape index (κ2) is 7.87. The summed E-state index contributed by atoms with van der Waals surface area (Å²) in [5.74, 6) is 1.11. The van der Waals surface area contributed by atoms with Crippen LogP contribution in [0.1, 0.15) is 46.7 Å². The van der Waals surface area contributed by atoms with Gasteiger partial charge in [0, 0.05) is 12.6 Å². The molecule has 0 spiro atoms. The van der Waals surface area contributed by atoms with E-state index in [9.17, 15) is 0 Å². The Balaban J connectivity index is 1.36. The van der Waals surface area contributed by atoms with E-state index in [1.54, 1.807) is 0 Å². The summed E-state index contributed by atoms with van der Waals surface area (Å²) >= 11 is 0. The van der Waals surface area contributed by atoms with Crippen molar-refractivity contribution in [1.29, 1.82) is 0 Å². The van der Waals surface area contributed by atoms with Gasteiger partial charge < -0.3 is 11.1 Å². The van der Waals surface area contributed by atoms with Gasteiger partial charge in [0.05, 0.1) is 12.2 Å². The second-order valence-corrected chi connectivity index (χ2v) is 8.09. The minimum absolute atomic E-state index is 0.450. The molecule has 4 N–H and O–H groups in total. The molecule has 1 aliphatic heterocycles. The Bertz CT molecular complexity index is 1170. The highest BCUT2D eigenvalue weighted by atomic mass is 15.3. The highest BCUT2D eigenvalue weighted by molar-refractivity contribution is 5.76. The van der Waals surface area contributed by atoms with Gasteiger partial charge in [-0.25, -0.2) is 4.98 Å². The first-order valence-corrected chi connectivity index (χ1v) is 10.4. The summed E-state index contributed by atoms with van der Waals surface area (Å²) < 4.78 is 2.02. The normalized spacial score (nSPS) is 15.1. The molecule has 5 rings (SSSR count). The largest absolute Gasteiger partial charge is 0.384 e. The van der Waals surface area contributed by atoms with E-state index in [1.807, 2.05) is 17.7 Å². The minimum atomic E-state index is 0.450. The maximum atomic E-state index is 5.94. The second-order valence-electron chi connectivity index (χ2n) is 8.09. The van der Waals surface area contributed by atoms with Crippen LogP contribution in [-0.2, 0) is 13.0 Å². The number of nitrogens with zero attached hydrogens (tertiary/aromatic N) is 5. The standard InChI is InChI=1S/C22H26N8/c1-14-19(10-18-11-20(23)25-22-21(18)26-29-27-22)13-30(28-14)12-15-3-2-4-17(9-15)16-5-7-24-8-6-16/h2-4,9,11,13,16,24H,5-8,10,12H2,1H3,(H3,23,25,26,27,29). The van der Waals surface area contributed by atoms with Crippen molar-refractivity contribution in [1.82, 2.24) is 35.5 Å². The maximum absolute atomic E-state index is 5.94. The first kappa shape index (κ1) is 18.7. The molecule has 0 unspecified atom stereocenters. The van der Waals surface area contributed by atoms with Crippen LogP contribution in [0.4, 0.5) is 5.82 Å². The third kappa shape index (κ3) is 3.78. The van der Waals surface area contributed by atoms with Gasteiger partial charge in [0.2, 0.25) is 5.65 Å². The van der Waals surface area contributed by atoms with Crippen LogP contribution in [0, 0.1) is 6.92 Å². The Labute approximate surface area is 174 Å². The van der Waals surface area contributed by atoms with Crippen molar-refractivity contribution in [2.45, 2.75) is 38.6 Å². The SMILES string of the molecule is Cc1nn(Cc2cccc(C3CCNCC3)c2)cc1Cc1cc(N)nc2n[nH]nc12. The van der Waals surface area contributed by atoms with E-state index in [2.05, 4.69) is 56.2 Å². The van der Waals surface area contributed by atoms with E-state index in [4.69, 9.17) is 10.8 Å². The van der Waals surface area contributed by atoms with Gasteiger partial charge in [-0.3, -0.25) is 4.68 Å². The summed E-state index contributed by atoms with van der Waals surface area (Å²) in [5.41, 5.74) is 13.1. The zero-order valence-electron chi connectivity index (χ0n) is 17.1. The molecule has 3 aromatic heterocycles. The number of aromatic amines is 1. The number of nitrogens with two attached hydrogens (primary N) is 1. The number of nitrogens with one attached hydrogen (secondary N) is 2. The molecule has 1 aliphatic rings. The number of anilines is 1. The molecule has 30 heavy (non-hydrogen) atoms. The van der Waals surface area contributed by atoms with Crippen molar-refractivity contribution in [2.75, 3.05) is 18.8 Å². The van der Waals surface area contributed by atoms with Gasteiger partial charge in [-0.05, 0) is 67.1 Å². The van der Waals surface area contributed by atoms with Gasteiger partial charge >= 0.3 is 0 Å². The van der Waals surface area contributed by atoms with E-state index in [1.165, 1.54) is 24.0 Å². The molecule has 1 aromatic carbocycles. The van der Waals surface area contributed by atoms with E-state index in [0.717, 1.165) is 42.0 Å².